The molecule has 0 aliphatic rings. The van der Waals surface area contributed by atoms with Gasteiger partial charge in [-0.1, -0.05) is 22.6 Å². The van der Waals surface area contributed by atoms with Crippen LogP contribution in [0.3, 0.4) is 0 Å². The van der Waals surface area contributed by atoms with Gasteiger partial charge in [-0.2, -0.15) is 43.9 Å². The van der Waals surface area contributed by atoms with Gasteiger partial charge in [-0.15, -0.1) is 0 Å². The van der Waals surface area contributed by atoms with Gasteiger partial charge < -0.3 is 0 Å². The number of rotatable bonds is 6. The topological polar surface area (TPSA) is 0 Å². The summed E-state index contributed by atoms with van der Waals surface area (Å²) >= 11 is 0.414. The van der Waals surface area contributed by atoms with Gasteiger partial charge >= 0.3 is 36.0 Å². The molecular weight excluding hydrogens is 439 g/mol. The quantitative estimate of drug-likeness (QED) is 0.313. The Balaban J connectivity index is 5.98. The van der Waals surface area contributed by atoms with E-state index in [0.29, 0.717) is 22.6 Å². The molecular formula is C7H3F12I. The molecule has 0 N–H and O–H groups in total. The highest BCUT2D eigenvalue weighted by Gasteiger charge is 2.87. The van der Waals surface area contributed by atoms with Crippen molar-refractivity contribution in [2.24, 2.45) is 0 Å². The monoisotopic (exact) mass is 442 g/mol. The van der Waals surface area contributed by atoms with Crippen LogP contribution in [0.2, 0.25) is 0 Å². The van der Waals surface area contributed by atoms with Crippen molar-refractivity contribution in [3.8, 4) is 0 Å². The summed E-state index contributed by atoms with van der Waals surface area (Å²) in [6.07, 6.45) is -5.47. The van der Waals surface area contributed by atoms with Crippen molar-refractivity contribution in [2.45, 2.75) is 36.0 Å². The highest BCUT2D eigenvalue weighted by Crippen LogP contribution is 2.58. The molecule has 0 radical (unpaired) electrons. The zero-order valence-corrected chi connectivity index (χ0v) is 10.9. The summed E-state index contributed by atoms with van der Waals surface area (Å²) in [6, 6.07) is 0. The summed E-state index contributed by atoms with van der Waals surface area (Å²) in [6.45, 7) is 0. The van der Waals surface area contributed by atoms with E-state index < -0.39 is 40.5 Å². The summed E-state index contributed by atoms with van der Waals surface area (Å²) in [7, 11) is 0. The Hall–Kier alpha value is -0.110. The first-order valence-electron chi connectivity index (χ1n) is 4.24. The predicted molar refractivity (Wildman–Crippen MR) is 49.6 cm³/mol. The molecule has 0 fully saturated rings. The molecule has 0 rings (SSSR count). The Morgan fingerprint density at radius 1 is 0.650 bits per heavy atom. The second-order valence-corrected chi connectivity index (χ2v) is 4.25. The van der Waals surface area contributed by atoms with Gasteiger partial charge in [0.2, 0.25) is 0 Å². The molecule has 0 unspecified atom stereocenters. The van der Waals surface area contributed by atoms with Crippen LogP contribution >= 0.6 is 22.6 Å². The van der Waals surface area contributed by atoms with Crippen molar-refractivity contribution in [2.75, 3.05) is 4.43 Å². The number of hydrogen-bond acceptors (Lipinski definition) is 0. The molecule has 0 aromatic carbocycles. The second-order valence-electron chi connectivity index (χ2n) is 3.48. The minimum absolute atomic E-state index is 0.414. The molecule has 0 bridgehead atoms. The molecule has 20 heavy (non-hydrogen) atoms. The highest BCUT2D eigenvalue weighted by molar-refractivity contribution is 14.1. The van der Waals surface area contributed by atoms with E-state index in [9.17, 15) is 52.7 Å². The van der Waals surface area contributed by atoms with Crippen LogP contribution in [-0.2, 0) is 0 Å². The normalized spacial score (nSPS) is 15.9. The molecule has 0 aromatic heterocycles. The molecule has 0 atom stereocenters. The van der Waals surface area contributed by atoms with Crippen LogP contribution in [0.25, 0.3) is 0 Å². The Kier molecular flexibility index (Phi) is 5.23. The molecule has 0 amide bonds. The second kappa shape index (κ2) is 5.26. The molecule has 0 aromatic rings. The summed E-state index contributed by atoms with van der Waals surface area (Å²) in [4.78, 5) is 0. The largest absolute Gasteiger partial charge is 0.384 e. The van der Waals surface area contributed by atoms with Crippen molar-refractivity contribution in [1.82, 2.24) is 0 Å². The summed E-state index contributed by atoms with van der Waals surface area (Å²) in [5.41, 5.74) is 0. The molecule has 0 spiro atoms. The van der Waals surface area contributed by atoms with Gasteiger partial charge in [-0.3, -0.25) is 0 Å². The number of alkyl halides is 13. The lowest BCUT2D eigenvalue weighted by Crippen LogP contribution is -2.68. The van der Waals surface area contributed by atoms with E-state index >= 15 is 0 Å². The minimum atomic E-state index is -7.41. The van der Waals surface area contributed by atoms with Crippen LogP contribution in [0.15, 0.2) is 0 Å². The molecule has 0 saturated carbocycles. The van der Waals surface area contributed by atoms with Crippen molar-refractivity contribution in [3.63, 3.8) is 0 Å². The maximum absolute atomic E-state index is 12.7. The van der Waals surface area contributed by atoms with Gasteiger partial charge in [-0.25, -0.2) is 8.78 Å². The van der Waals surface area contributed by atoms with E-state index in [-0.39, 0.29) is 0 Å². The standard InChI is InChI=1S/C7H3F12I/c8-2(9)4(12,13)6(16,17)7(18,19)5(14,15)3(10,11)1-20/h2H,1H2. The van der Waals surface area contributed by atoms with Crippen molar-refractivity contribution in [1.29, 1.82) is 0 Å². The Morgan fingerprint density at radius 2 is 1.00 bits per heavy atom. The molecule has 0 aliphatic carbocycles. The fourth-order valence-corrected chi connectivity index (χ4v) is 1.34. The fourth-order valence-electron chi connectivity index (χ4n) is 0.857. The summed E-state index contributed by atoms with van der Waals surface area (Å²) < 4.78 is 147. The number of hydrogen-bond donors (Lipinski definition) is 0. The van der Waals surface area contributed by atoms with Crippen LogP contribution in [-0.4, -0.2) is 40.5 Å². The number of halogens is 13. The smallest absolute Gasteiger partial charge is 0.203 e. The molecule has 0 aliphatic heterocycles. The lowest BCUT2D eigenvalue weighted by Gasteiger charge is -2.38. The van der Waals surface area contributed by atoms with E-state index in [1.807, 2.05) is 0 Å². The third kappa shape index (κ3) is 2.53. The van der Waals surface area contributed by atoms with Crippen molar-refractivity contribution >= 4 is 22.6 Å². The molecule has 13 heteroatoms. The van der Waals surface area contributed by atoms with Crippen LogP contribution in [0.5, 0.6) is 0 Å². The summed E-state index contributed by atoms with van der Waals surface area (Å²) in [5, 5.41) is 0. The van der Waals surface area contributed by atoms with E-state index in [1.54, 1.807) is 0 Å². The van der Waals surface area contributed by atoms with Crippen LogP contribution in [0, 0.1) is 0 Å². The third-order valence-corrected chi connectivity index (χ3v) is 3.07. The van der Waals surface area contributed by atoms with E-state index in [4.69, 9.17) is 0 Å². The average molecular weight is 442 g/mol. The molecule has 0 nitrogen and oxygen atoms in total. The molecule has 122 valence electrons. The van der Waals surface area contributed by atoms with E-state index in [1.165, 1.54) is 0 Å². The highest BCUT2D eigenvalue weighted by atomic mass is 127. The third-order valence-electron chi connectivity index (χ3n) is 2.11. The lowest BCUT2D eigenvalue weighted by atomic mass is 9.95. The zero-order valence-electron chi connectivity index (χ0n) is 8.70. The maximum atomic E-state index is 12.7. The first-order chi connectivity index (χ1) is 8.50. The van der Waals surface area contributed by atoms with Crippen LogP contribution < -0.4 is 0 Å². The SMILES string of the molecule is FC(F)C(F)(F)C(F)(F)C(F)(F)C(F)(F)C(F)(F)CI. The predicted octanol–water partition coefficient (Wildman–Crippen LogP) is 4.86. The first kappa shape index (κ1) is 19.9. The maximum Gasteiger partial charge on any atom is 0.384 e. The Morgan fingerprint density at radius 3 is 1.25 bits per heavy atom. The summed E-state index contributed by atoms with van der Waals surface area (Å²) in [5.74, 6) is -34.5. The Labute approximate surface area is 116 Å². The fraction of sp³-hybridized carbons (Fsp3) is 1.00. The van der Waals surface area contributed by atoms with Crippen LogP contribution in [0.4, 0.5) is 52.7 Å². The zero-order chi connectivity index (χ0) is 16.8. The molecule has 0 heterocycles. The van der Waals surface area contributed by atoms with Gasteiger partial charge in [0, 0.05) is 0 Å². The van der Waals surface area contributed by atoms with Crippen LogP contribution in [0.1, 0.15) is 0 Å². The van der Waals surface area contributed by atoms with E-state index in [0.717, 1.165) is 0 Å². The minimum Gasteiger partial charge on any atom is -0.203 e. The van der Waals surface area contributed by atoms with Crippen molar-refractivity contribution < 1.29 is 52.7 Å². The first-order valence-corrected chi connectivity index (χ1v) is 5.76. The molecule has 0 saturated heterocycles. The average Bonchev–Trinajstić information content (AvgIpc) is 2.27. The lowest BCUT2D eigenvalue weighted by molar-refractivity contribution is -0.409. The van der Waals surface area contributed by atoms with Gasteiger partial charge in [0.15, 0.2) is 0 Å². The van der Waals surface area contributed by atoms with Gasteiger partial charge in [0.05, 0.1) is 4.43 Å². The van der Waals surface area contributed by atoms with Gasteiger partial charge in [0.25, 0.3) is 0 Å². The Bertz CT molecular complexity index is 348. The van der Waals surface area contributed by atoms with E-state index in [2.05, 4.69) is 0 Å². The van der Waals surface area contributed by atoms with Gasteiger partial charge in [0.1, 0.15) is 0 Å². The van der Waals surface area contributed by atoms with Gasteiger partial charge in [-0.05, 0) is 0 Å². The van der Waals surface area contributed by atoms with Crippen molar-refractivity contribution in [3.05, 3.63) is 0 Å².